The van der Waals surface area contributed by atoms with Gasteiger partial charge in [0, 0.05) is 39.5 Å². The van der Waals surface area contributed by atoms with Crippen molar-refractivity contribution in [1.29, 1.82) is 0 Å². The number of urea groups is 1. The monoisotopic (exact) mass is 300 g/mol. The molecular weight excluding hydrogens is 280 g/mol. The number of aliphatic carboxylic acids is 1. The van der Waals surface area contributed by atoms with Gasteiger partial charge in [0.1, 0.15) is 6.04 Å². The Morgan fingerprint density at radius 2 is 1.67 bits per heavy atom. The number of amides is 4. The Labute approximate surface area is 122 Å². The van der Waals surface area contributed by atoms with Crippen molar-refractivity contribution < 1.29 is 24.3 Å². The zero-order valence-electron chi connectivity index (χ0n) is 11.9. The van der Waals surface area contributed by atoms with Crippen LogP contribution in [0.2, 0.25) is 0 Å². The summed E-state index contributed by atoms with van der Waals surface area (Å²) in [5.74, 6) is -1.89. The number of rotatable bonds is 5. The molecule has 0 aliphatic carbocycles. The van der Waals surface area contributed by atoms with Crippen LogP contribution in [0, 0.1) is 0 Å². The van der Waals surface area contributed by atoms with Gasteiger partial charge in [-0.15, -0.1) is 0 Å². The molecule has 1 saturated heterocycles. The van der Waals surface area contributed by atoms with Crippen LogP contribution in [0.3, 0.4) is 0 Å². The fraction of sp³-hybridized carbons (Fsp3) is 0.667. The second kappa shape index (κ2) is 7.46. The van der Waals surface area contributed by atoms with Gasteiger partial charge in [0.15, 0.2) is 0 Å². The lowest BCUT2D eigenvalue weighted by molar-refractivity contribution is -0.139. The van der Waals surface area contributed by atoms with Crippen molar-refractivity contribution in [3.63, 3.8) is 0 Å². The lowest BCUT2D eigenvalue weighted by atomic mass is 10.1. The molecule has 0 unspecified atom stereocenters. The molecule has 118 valence electrons. The van der Waals surface area contributed by atoms with Crippen molar-refractivity contribution in [2.24, 2.45) is 5.73 Å². The minimum Gasteiger partial charge on any atom is -0.480 e. The van der Waals surface area contributed by atoms with Crippen LogP contribution in [0.25, 0.3) is 0 Å². The summed E-state index contributed by atoms with van der Waals surface area (Å²) in [6, 6.07) is -1.68. The molecular formula is C12H20N4O5. The number of carboxylic acid groups (broad SMARTS) is 1. The zero-order chi connectivity index (χ0) is 16.0. The molecule has 4 N–H and O–H groups in total. The molecule has 1 heterocycles. The number of nitrogens with one attached hydrogen (secondary N) is 1. The van der Waals surface area contributed by atoms with Crippen molar-refractivity contribution in [1.82, 2.24) is 15.1 Å². The number of carbonyl (C=O) groups excluding carboxylic acids is 3. The summed E-state index contributed by atoms with van der Waals surface area (Å²) in [6.07, 6.45) is -0.167. The first kappa shape index (κ1) is 16.7. The third-order valence-electron chi connectivity index (χ3n) is 3.29. The van der Waals surface area contributed by atoms with Crippen molar-refractivity contribution in [3.8, 4) is 0 Å². The molecule has 0 spiro atoms. The van der Waals surface area contributed by atoms with Crippen molar-refractivity contribution in [2.45, 2.75) is 25.8 Å². The standard InChI is InChI=1S/C12H20N4O5/c1-8(17)15-4-6-16(7-5-15)12(21)14-9(11(19)20)2-3-10(13)18/h9H,2-7H2,1H3,(H2,13,18)(H,14,21)(H,19,20)/t9-/m0/s1. The molecule has 1 aliphatic rings. The topological polar surface area (TPSA) is 133 Å². The molecule has 0 aromatic heterocycles. The van der Waals surface area contributed by atoms with Gasteiger partial charge >= 0.3 is 12.0 Å². The first-order valence-corrected chi connectivity index (χ1v) is 6.63. The maximum atomic E-state index is 12.0. The van der Waals surface area contributed by atoms with E-state index >= 15 is 0 Å². The van der Waals surface area contributed by atoms with Crippen LogP contribution in [0.4, 0.5) is 4.79 Å². The highest BCUT2D eigenvalue weighted by Gasteiger charge is 2.26. The third-order valence-corrected chi connectivity index (χ3v) is 3.29. The average molecular weight is 300 g/mol. The first-order chi connectivity index (χ1) is 9.81. The highest BCUT2D eigenvalue weighted by Crippen LogP contribution is 2.04. The minimum atomic E-state index is -1.22. The molecule has 0 radical (unpaired) electrons. The highest BCUT2D eigenvalue weighted by molar-refractivity contribution is 5.83. The van der Waals surface area contributed by atoms with Gasteiger partial charge in [-0.3, -0.25) is 9.59 Å². The van der Waals surface area contributed by atoms with Crippen molar-refractivity contribution in [3.05, 3.63) is 0 Å². The summed E-state index contributed by atoms with van der Waals surface area (Å²) in [5, 5.41) is 11.4. The Balaban J connectivity index is 2.49. The maximum absolute atomic E-state index is 12.0. The van der Waals surface area contributed by atoms with E-state index in [9.17, 15) is 19.2 Å². The number of carbonyl (C=O) groups is 4. The lowest BCUT2D eigenvalue weighted by Crippen LogP contribution is -2.55. The van der Waals surface area contributed by atoms with Crippen molar-refractivity contribution in [2.75, 3.05) is 26.2 Å². The van der Waals surface area contributed by atoms with Crippen LogP contribution < -0.4 is 11.1 Å². The molecule has 9 heteroatoms. The van der Waals surface area contributed by atoms with E-state index in [0.717, 1.165) is 0 Å². The van der Waals surface area contributed by atoms with Crippen molar-refractivity contribution >= 4 is 23.8 Å². The quantitative estimate of drug-likeness (QED) is 0.573. The zero-order valence-corrected chi connectivity index (χ0v) is 11.9. The Morgan fingerprint density at radius 3 is 2.10 bits per heavy atom. The van der Waals surface area contributed by atoms with Gasteiger partial charge in [0.05, 0.1) is 0 Å². The van der Waals surface area contributed by atoms with Gasteiger partial charge in [-0.05, 0) is 6.42 Å². The SMILES string of the molecule is CC(=O)N1CCN(C(=O)N[C@@H](CCC(N)=O)C(=O)O)CC1. The van der Waals surface area contributed by atoms with E-state index in [1.807, 2.05) is 0 Å². The third kappa shape index (κ3) is 5.28. The van der Waals surface area contributed by atoms with Gasteiger partial charge in [-0.25, -0.2) is 9.59 Å². The highest BCUT2D eigenvalue weighted by atomic mass is 16.4. The predicted molar refractivity (Wildman–Crippen MR) is 72.2 cm³/mol. The second-order valence-electron chi connectivity index (χ2n) is 4.84. The number of piperazine rings is 1. The molecule has 1 fully saturated rings. The van der Waals surface area contributed by atoms with E-state index in [1.54, 1.807) is 4.90 Å². The Bertz CT molecular complexity index is 431. The summed E-state index contributed by atoms with van der Waals surface area (Å²) >= 11 is 0. The van der Waals surface area contributed by atoms with E-state index in [0.29, 0.717) is 26.2 Å². The normalized spacial score (nSPS) is 16.2. The summed E-state index contributed by atoms with van der Waals surface area (Å²) < 4.78 is 0. The first-order valence-electron chi connectivity index (χ1n) is 6.63. The molecule has 21 heavy (non-hydrogen) atoms. The van der Waals surface area contributed by atoms with Gasteiger partial charge in [-0.1, -0.05) is 0 Å². The maximum Gasteiger partial charge on any atom is 0.326 e. The van der Waals surface area contributed by atoms with Crippen LogP contribution in [0.1, 0.15) is 19.8 Å². The second-order valence-corrected chi connectivity index (χ2v) is 4.84. The lowest BCUT2D eigenvalue weighted by Gasteiger charge is -2.34. The Morgan fingerprint density at radius 1 is 1.14 bits per heavy atom. The van der Waals surface area contributed by atoms with Gasteiger partial charge < -0.3 is 26.0 Å². The number of primary amides is 1. The molecule has 1 aliphatic heterocycles. The summed E-state index contributed by atoms with van der Waals surface area (Å²) in [4.78, 5) is 47.9. The average Bonchev–Trinajstić information content (AvgIpc) is 2.42. The van der Waals surface area contributed by atoms with Crippen LogP contribution in [0.5, 0.6) is 0 Å². The number of hydrogen-bond donors (Lipinski definition) is 3. The van der Waals surface area contributed by atoms with E-state index in [4.69, 9.17) is 10.8 Å². The molecule has 1 atom stereocenters. The van der Waals surface area contributed by atoms with E-state index in [-0.39, 0.29) is 18.7 Å². The molecule has 0 aromatic rings. The van der Waals surface area contributed by atoms with E-state index in [1.165, 1.54) is 11.8 Å². The van der Waals surface area contributed by atoms with Crippen LogP contribution in [0.15, 0.2) is 0 Å². The number of nitrogens with two attached hydrogens (primary N) is 1. The Kier molecular flexibility index (Phi) is 5.94. The van der Waals surface area contributed by atoms with Crippen LogP contribution >= 0.6 is 0 Å². The summed E-state index contributed by atoms with van der Waals surface area (Å²) in [5.41, 5.74) is 4.97. The van der Waals surface area contributed by atoms with Crippen LogP contribution in [-0.4, -0.2) is 70.9 Å². The minimum absolute atomic E-state index is 0.0518. The number of carboxylic acids is 1. The molecule has 0 aromatic carbocycles. The fourth-order valence-corrected chi connectivity index (χ4v) is 2.01. The number of hydrogen-bond acceptors (Lipinski definition) is 4. The summed E-state index contributed by atoms with van der Waals surface area (Å²) in [7, 11) is 0. The van der Waals surface area contributed by atoms with E-state index in [2.05, 4.69) is 5.32 Å². The predicted octanol–water partition coefficient (Wildman–Crippen LogP) is -1.42. The fourth-order valence-electron chi connectivity index (χ4n) is 2.01. The number of nitrogens with zero attached hydrogens (tertiary/aromatic N) is 2. The molecule has 0 saturated carbocycles. The van der Waals surface area contributed by atoms with E-state index < -0.39 is 23.9 Å². The Hall–Kier alpha value is -2.32. The van der Waals surface area contributed by atoms with Gasteiger partial charge in [-0.2, -0.15) is 0 Å². The van der Waals surface area contributed by atoms with Crippen LogP contribution in [-0.2, 0) is 14.4 Å². The molecule has 1 rings (SSSR count). The largest absolute Gasteiger partial charge is 0.480 e. The van der Waals surface area contributed by atoms with Gasteiger partial charge in [0.2, 0.25) is 11.8 Å². The molecule has 9 nitrogen and oxygen atoms in total. The molecule has 0 bridgehead atoms. The smallest absolute Gasteiger partial charge is 0.326 e. The molecule has 4 amide bonds. The van der Waals surface area contributed by atoms with Gasteiger partial charge in [0.25, 0.3) is 0 Å². The summed E-state index contributed by atoms with van der Waals surface area (Å²) in [6.45, 7) is 2.98.